The summed E-state index contributed by atoms with van der Waals surface area (Å²) in [6.45, 7) is 1.32. The molecule has 2 aliphatic carbocycles. The molecule has 0 aromatic carbocycles. The Morgan fingerprint density at radius 1 is 0.773 bits per heavy atom. The SMILES string of the molecule is O=C1C=CC=C/C1=C/NCCN/C=C1/C=CC=CC1=O.[Cl][Ga]. The zero-order valence-corrected chi connectivity index (χ0v) is 15.1. The van der Waals surface area contributed by atoms with Crippen molar-refractivity contribution in [1.82, 2.24) is 10.6 Å². The van der Waals surface area contributed by atoms with Gasteiger partial charge in [0.2, 0.25) is 0 Å². The normalized spacial score (nSPS) is 19.3. The van der Waals surface area contributed by atoms with Crippen molar-refractivity contribution in [3.63, 3.8) is 0 Å². The Labute approximate surface area is 144 Å². The second-order valence-electron chi connectivity index (χ2n) is 4.27. The molecule has 0 atom stereocenters. The van der Waals surface area contributed by atoms with Crippen LogP contribution in [0.1, 0.15) is 0 Å². The van der Waals surface area contributed by atoms with Crippen molar-refractivity contribution in [3.8, 4) is 0 Å². The van der Waals surface area contributed by atoms with Gasteiger partial charge in [0.05, 0.1) is 0 Å². The quantitative estimate of drug-likeness (QED) is 0.437. The van der Waals surface area contributed by atoms with Gasteiger partial charge in [0.15, 0.2) is 11.6 Å². The molecular weight excluding hydrogens is 357 g/mol. The van der Waals surface area contributed by atoms with E-state index >= 15 is 0 Å². The van der Waals surface area contributed by atoms with Gasteiger partial charge in [-0.25, -0.2) is 0 Å². The van der Waals surface area contributed by atoms with Crippen LogP contribution in [-0.2, 0) is 9.59 Å². The monoisotopic (exact) mass is 372 g/mol. The first-order valence-electron chi connectivity index (χ1n) is 6.64. The Kier molecular flexibility index (Phi) is 9.14. The summed E-state index contributed by atoms with van der Waals surface area (Å²) in [4.78, 5) is 22.9. The maximum atomic E-state index is 11.4. The molecule has 0 heterocycles. The van der Waals surface area contributed by atoms with Crippen molar-refractivity contribution >= 4 is 38.8 Å². The Hall–Kier alpha value is -1.69. The molecule has 0 saturated carbocycles. The Bertz CT molecular complexity index is 535. The number of allylic oxidation sites excluding steroid dienone is 10. The van der Waals surface area contributed by atoms with E-state index in [-0.39, 0.29) is 11.6 Å². The van der Waals surface area contributed by atoms with Crippen LogP contribution in [0.3, 0.4) is 0 Å². The summed E-state index contributed by atoms with van der Waals surface area (Å²) in [5.74, 6) is -0.000363. The van der Waals surface area contributed by atoms with Crippen molar-refractivity contribution < 1.29 is 9.59 Å². The van der Waals surface area contributed by atoms with Crippen molar-refractivity contribution in [2.45, 2.75) is 0 Å². The first kappa shape index (κ1) is 18.4. The van der Waals surface area contributed by atoms with Crippen molar-refractivity contribution in [2.75, 3.05) is 13.1 Å². The number of carbonyl (C=O) groups is 2. The number of carbonyl (C=O) groups excluding carboxylic acids is 2. The molecule has 0 amide bonds. The van der Waals surface area contributed by atoms with E-state index in [0.717, 1.165) is 17.6 Å². The van der Waals surface area contributed by atoms with E-state index in [1.54, 1.807) is 36.7 Å². The van der Waals surface area contributed by atoms with E-state index in [0.29, 0.717) is 24.2 Å². The third kappa shape index (κ3) is 6.38. The molecule has 0 bridgehead atoms. The van der Waals surface area contributed by atoms with Crippen LogP contribution in [0.15, 0.2) is 72.2 Å². The number of halogens is 1. The fourth-order valence-electron chi connectivity index (χ4n) is 1.71. The Morgan fingerprint density at radius 3 is 1.50 bits per heavy atom. The van der Waals surface area contributed by atoms with Crippen LogP contribution in [0.5, 0.6) is 0 Å². The molecule has 0 aliphatic heterocycles. The van der Waals surface area contributed by atoms with E-state index in [1.807, 2.05) is 12.2 Å². The van der Waals surface area contributed by atoms with Crippen molar-refractivity contribution in [3.05, 3.63) is 72.2 Å². The first-order valence-corrected chi connectivity index (χ1v) is 9.83. The number of nitrogens with one attached hydrogen (secondary N) is 2. The van der Waals surface area contributed by atoms with Crippen LogP contribution in [0.25, 0.3) is 0 Å². The van der Waals surface area contributed by atoms with Gasteiger partial charge in [-0.2, -0.15) is 0 Å². The van der Waals surface area contributed by atoms with E-state index in [1.165, 1.54) is 12.2 Å². The molecule has 0 fully saturated rings. The van der Waals surface area contributed by atoms with Gasteiger partial charge in [-0.3, -0.25) is 9.59 Å². The van der Waals surface area contributed by atoms with Crippen LogP contribution < -0.4 is 10.6 Å². The molecule has 2 radical (unpaired) electrons. The number of ketones is 2. The van der Waals surface area contributed by atoms with Gasteiger partial charge in [-0.05, 0) is 24.3 Å². The number of rotatable bonds is 5. The van der Waals surface area contributed by atoms with Crippen molar-refractivity contribution in [1.29, 1.82) is 0 Å². The molecule has 2 aliphatic rings. The molecule has 22 heavy (non-hydrogen) atoms. The standard InChI is InChI=1S/C16H16N2O2.ClH.Ga/c19-15-7-3-1-5-13(15)11-17-9-10-18-12-14-6-2-4-8-16(14)20;;/h1-8,11-12,17-18H,9-10H2;1H;/q;;+1/p-1/b13-11-,14-12-;;. The van der Waals surface area contributed by atoms with Crippen LogP contribution in [0, 0.1) is 0 Å². The summed E-state index contributed by atoms with van der Waals surface area (Å²) in [6.07, 6.45) is 17.1. The molecule has 0 spiro atoms. The first-order chi connectivity index (χ1) is 10.8. The summed E-state index contributed by atoms with van der Waals surface area (Å²) in [7, 11) is 4.70. The van der Waals surface area contributed by atoms with E-state index < -0.39 is 0 Å². The summed E-state index contributed by atoms with van der Waals surface area (Å²) < 4.78 is 0. The maximum absolute atomic E-state index is 11.4. The average Bonchev–Trinajstić information content (AvgIpc) is 2.56. The van der Waals surface area contributed by atoms with Crippen LogP contribution in [0.4, 0.5) is 0 Å². The molecule has 0 aromatic rings. The predicted octanol–water partition coefficient (Wildman–Crippen LogP) is 1.63. The second-order valence-corrected chi connectivity index (χ2v) is 4.27. The molecule has 2 N–H and O–H groups in total. The third-order valence-corrected chi connectivity index (χ3v) is 2.77. The Balaban J connectivity index is 0.00000116. The zero-order chi connectivity index (χ0) is 16.2. The molecule has 4 nitrogen and oxygen atoms in total. The number of hydrogen-bond acceptors (Lipinski definition) is 4. The van der Waals surface area contributed by atoms with Gasteiger partial charge in [0.25, 0.3) is 0 Å². The molecule has 2 rings (SSSR count). The third-order valence-electron chi connectivity index (χ3n) is 2.77. The Morgan fingerprint density at radius 2 is 1.14 bits per heavy atom. The fraction of sp³-hybridized carbons (Fsp3) is 0.125. The van der Waals surface area contributed by atoms with E-state index in [4.69, 9.17) is 9.64 Å². The predicted molar refractivity (Wildman–Crippen MR) is 90.4 cm³/mol. The topological polar surface area (TPSA) is 58.2 Å². The van der Waals surface area contributed by atoms with Crippen molar-refractivity contribution in [2.24, 2.45) is 0 Å². The fourth-order valence-corrected chi connectivity index (χ4v) is 1.71. The van der Waals surface area contributed by atoms with Gasteiger partial charge in [-0.1, -0.05) is 24.3 Å². The molecule has 0 saturated heterocycles. The van der Waals surface area contributed by atoms with Gasteiger partial charge < -0.3 is 10.6 Å². The zero-order valence-electron chi connectivity index (χ0n) is 12.0. The summed E-state index contributed by atoms with van der Waals surface area (Å²) in [5, 5.41) is 6.12. The van der Waals surface area contributed by atoms with E-state index in [2.05, 4.69) is 10.6 Å². The van der Waals surface area contributed by atoms with Gasteiger partial charge in [0, 0.05) is 36.6 Å². The summed E-state index contributed by atoms with van der Waals surface area (Å²) in [5.41, 5.74) is 1.28. The van der Waals surface area contributed by atoms with Gasteiger partial charge in [0.1, 0.15) is 0 Å². The molecule has 112 valence electrons. The van der Waals surface area contributed by atoms with Crippen LogP contribution in [-0.4, -0.2) is 42.3 Å². The minimum atomic E-state index is -0.000182. The van der Waals surface area contributed by atoms with Crippen LogP contribution >= 0.6 is 9.64 Å². The van der Waals surface area contributed by atoms with Crippen LogP contribution in [0.2, 0.25) is 0 Å². The molecular formula is C16H16ClGaN2O2. The molecule has 0 unspecified atom stereocenters. The van der Waals surface area contributed by atoms with E-state index in [9.17, 15) is 9.59 Å². The average molecular weight is 373 g/mol. The summed E-state index contributed by atoms with van der Waals surface area (Å²) in [6, 6.07) is 0. The minimum absolute atomic E-state index is 0.000182. The van der Waals surface area contributed by atoms with Gasteiger partial charge in [-0.15, -0.1) is 0 Å². The molecule has 6 heteroatoms. The second kappa shape index (κ2) is 11.0. The summed E-state index contributed by atoms with van der Waals surface area (Å²) >= 11 is 1.16. The van der Waals surface area contributed by atoms with Gasteiger partial charge >= 0.3 is 27.2 Å². The molecule has 0 aromatic heterocycles. The number of hydrogen-bond donors (Lipinski definition) is 2.